The average Bonchev–Trinajstić information content (AvgIpc) is 2.94. The Kier molecular flexibility index (Phi) is 3.75. The number of nitrogens with one attached hydrogen (secondary N) is 2. The maximum absolute atomic E-state index is 11.3. The lowest BCUT2D eigenvalue weighted by molar-refractivity contribution is -0.120. The van der Waals surface area contributed by atoms with Gasteiger partial charge in [0.1, 0.15) is 0 Å². The molecular weight excluding hydrogens is 240 g/mol. The third-order valence-corrected chi connectivity index (χ3v) is 3.36. The van der Waals surface area contributed by atoms with Gasteiger partial charge in [0.15, 0.2) is 0 Å². The van der Waals surface area contributed by atoms with Crippen LogP contribution in [-0.2, 0) is 11.3 Å². The normalized spacial score (nSPS) is 14.6. The number of amides is 1. The van der Waals surface area contributed by atoms with Crippen LogP contribution < -0.4 is 10.6 Å². The third kappa shape index (κ3) is 3.83. The van der Waals surface area contributed by atoms with E-state index < -0.39 is 5.97 Å². The number of aromatic carboxylic acids is 1. The van der Waals surface area contributed by atoms with Crippen molar-refractivity contribution in [1.82, 2.24) is 10.6 Å². The summed E-state index contributed by atoms with van der Waals surface area (Å²) in [5, 5.41) is 16.2. The minimum Gasteiger partial charge on any atom is -0.478 e. The number of carboxylic acids is 1. The van der Waals surface area contributed by atoms with Gasteiger partial charge in [-0.1, -0.05) is 0 Å². The Hall–Kier alpha value is -1.40. The molecule has 0 aromatic carbocycles. The van der Waals surface area contributed by atoms with Crippen LogP contribution in [0.25, 0.3) is 0 Å². The predicted molar refractivity (Wildman–Crippen MR) is 64.1 cm³/mol. The summed E-state index contributed by atoms with van der Waals surface area (Å²) in [6, 6.07) is 2.00. The molecule has 0 bridgehead atoms. The van der Waals surface area contributed by atoms with Crippen molar-refractivity contribution in [3.8, 4) is 0 Å². The van der Waals surface area contributed by atoms with Crippen molar-refractivity contribution >= 4 is 23.2 Å². The topological polar surface area (TPSA) is 78.4 Å². The summed E-state index contributed by atoms with van der Waals surface area (Å²) in [5.41, 5.74) is 0.300. The first kappa shape index (κ1) is 12.1. The molecule has 0 aliphatic heterocycles. The Morgan fingerprint density at radius 2 is 2.24 bits per heavy atom. The van der Waals surface area contributed by atoms with E-state index in [2.05, 4.69) is 10.6 Å². The van der Waals surface area contributed by atoms with Gasteiger partial charge in [-0.3, -0.25) is 4.79 Å². The van der Waals surface area contributed by atoms with E-state index in [1.807, 2.05) is 0 Å². The Morgan fingerprint density at radius 1 is 1.47 bits per heavy atom. The molecule has 1 aromatic rings. The molecule has 1 amide bonds. The van der Waals surface area contributed by atoms with Crippen molar-refractivity contribution in [2.75, 3.05) is 6.54 Å². The lowest BCUT2D eigenvalue weighted by Crippen LogP contribution is -2.34. The molecule has 17 heavy (non-hydrogen) atoms. The molecule has 92 valence electrons. The summed E-state index contributed by atoms with van der Waals surface area (Å²) >= 11 is 1.38. The Balaban J connectivity index is 1.69. The summed E-state index contributed by atoms with van der Waals surface area (Å²) in [6.45, 7) is 0.798. The lowest BCUT2D eigenvalue weighted by Gasteiger charge is -2.03. The highest BCUT2D eigenvalue weighted by atomic mass is 32.1. The van der Waals surface area contributed by atoms with Gasteiger partial charge in [0.05, 0.1) is 12.1 Å². The van der Waals surface area contributed by atoms with Crippen molar-refractivity contribution in [3.63, 3.8) is 0 Å². The maximum Gasteiger partial charge on any atom is 0.336 e. The number of hydrogen-bond acceptors (Lipinski definition) is 4. The fourth-order valence-corrected chi connectivity index (χ4v) is 2.22. The van der Waals surface area contributed by atoms with Crippen molar-refractivity contribution in [2.24, 2.45) is 0 Å². The number of carbonyl (C=O) groups is 2. The zero-order chi connectivity index (χ0) is 12.3. The highest BCUT2D eigenvalue weighted by Crippen LogP contribution is 2.18. The van der Waals surface area contributed by atoms with Crippen LogP contribution >= 0.6 is 11.3 Å². The van der Waals surface area contributed by atoms with E-state index in [1.165, 1.54) is 11.3 Å². The molecule has 6 heteroatoms. The molecule has 2 rings (SSSR count). The van der Waals surface area contributed by atoms with Gasteiger partial charge in [-0.15, -0.1) is 11.3 Å². The summed E-state index contributed by atoms with van der Waals surface area (Å²) < 4.78 is 0. The van der Waals surface area contributed by atoms with Crippen molar-refractivity contribution in [1.29, 1.82) is 0 Å². The third-order valence-electron chi connectivity index (χ3n) is 2.43. The van der Waals surface area contributed by atoms with Crippen LogP contribution in [0.5, 0.6) is 0 Å². The standard InChI is InChI=1S/C11H14N2O3S/c14-10(13-8-1-2-8)5-12-4-9-3-7(6-17-9)11(15)16/h3,6,8,12H,1-2,4-5H2,(H,13,14)(H,15,16). The van der Waals surface area contributed by atoms with E-state index in [-0.39, 0.29) is 12.5 Å². The minimum atomic E-state index is -0.918. The molecule has 1 heterocycles. The van der Waals surface area contributed by atoms with Crippen molar-refractivity contribution in [2.45, 2.75) is 25.4 Å². The van der Waals surface area contributed by atoms with Gasteiger partial charge in [0.2, 0.25) is 5.91 Å². The molecular formula is C11H14N2O3S. The zero-order valence-corrected chi connectivity index (χ0v) is 10.0. The monoisotopic (exact) mass is 254 g/mol. The van der Waals surface area contributed by atoms with Crippen LogP contribution in [0.4, 0.5) is 0 Å². The zero-order valence-electron chi connectivity index (χ0n) is 9.23. The van der Waals surface area contributed by atoms with Crippen LogP contribution in [-0.4, -0.2) is 29.6 Å². The van der Waals surface area contributed by atoms with E-state index in [0.29, 0.717) is 18.2 Å². The van der Waals surface area contributed by atoms with Crippen LogP contribution in [0.1, 0.15) is 28.1 Å². The van der Waals surface area contributed by atoms with Gasteiger partial charge in [-0.2, -0.15) is 0 Å². The van der Waals surface area contributed by atoms with Gasteiger partial charge in [-0.25, -0.2) is 4.79 Å². The summed E-state index contributed by atoms with van der Waals surface area (Å²) in [4.78, 5) is 22.9. The Morgan fingerprint density at radius 3 is 2.82 bits per heavy atom. The fraction of sp³-hybridized carbons (Fsp3) is 0.455. The quantitative estimate of drug-likeness (QED) is 0.702. The molecule has 5 nitrogen and oxygen atoms in total. The van der Waals surface area contributed by atoms with Gasteiger partial charge < -0.3 is 15.7 Å². The molecule has 0 unspecified atom stereocenters. The van der Waals surface area contributed by atoms with Crippen LogP contribution in [0, 0.1) is 0 Å². The summed E-state index contributed by atoms with van der Waals surface area (Å²) in [5.74, 6) is -0.915. The molecule has 0 spiro atoms. The lowest BCUT2D eigenvalue weighted by atomic mass is 10.3. The molecule has 0 atom stereocenters. The first-order valence-corrected chi connectivity index (χ1v) is 6.34. The Bertz CT molecular complexity index is 426. The molecule has 1 aliphatic rings. The molecule has 3 N–H and O–H groups in total. The van der Waals surface area contributed by atoms with Crippen LogP contribution in [0.2, 0.25) is 0 Å². The van der Waals surface area contributed by atoms with E-state index >= 15 is 0 Å². The van der Waals surface area contributed by atoms with Crippen LogP contribution in [0.15, 0.2) is 11.4 Å². The summed E-state index contributed by atoms with van der Waals surface area (Å²) in [6.07, 6.45) is 2.16. The van der Waals surface area contributed by atoms with E-state index in [1.54, 1.807) is 11.4 Å². The van der Waals surface area contributed by atoms with Crippen LogP contribution in [0.3, 0.4) is 0 Å². The first-order chi connectivity index (χ1) is 8.15. The van der Waals surface area contributed by atoms with Gasteiger partial charge in [-0.05, 0) is 18.9 Å². The molecule has 0 saturated heterocycles. The minimum absolute atomic E-state index is 0.00233. The average molecular weight is 254 g/mol. The number of hydrogen-bond donors (Lipinski definition) is 3. The van der Waals surface area contributed by atoms with Gasteiger partial charge >= 0.3 is 5.97 Å². The number of carbonyl (C=O) groups excluding carboxylic acids is 1. The smallest absolute Gasteiger partial charge is 0.336 e. The second kappa shape index (κ2) is 5.29. The summed E-state index contributed by atoms with van der Waals surface area (Å²) in [7, 11) is 0. The highest BCUT2D eigenvalue weighted by Gasteiger charge is 2.22. The van der Waals surface area contributed by atoms with E-state index in [0.717, 1.165) is 17.7 Å². The molecule has 1 aromatic heterocycles. The largest absolute Gasteiger partial charge is 0.478 e. The SMILES string of the molecule is O=C(CNCc1cc(C(=O)O)cs1)NC1CC1. The highest BCUT2D eigenvalue weighted by molar-refractivity contribution is 7.10. The van der Waals surface area contributed by atoms with E-state index in [4.69, 9.17) is 5.11 Å². The number of carboxylic acid groups (broad SMARTS) is 1. The fourth-order valence-electron chi connectivity index (χ4n) is 1.39. The first-order valence-electron chi connectivity index (χ1n) is 5.46. The predicted octanol–water partition coefficient (Wildman–Crippen LogP) is 0.815. The van der Waals surface area contributed by atoms with E-state index in [9.17, 15) is 9.59 Å². The van der Waals surface area contributed by atoms with Gasteiger partial charge in [0, 0.05) is 22.8 Å². The number of thiophene rings is 1. The second-order valence-corrected chi connectivity index (χ2v) is 5.05. The Labute approximate surface area is 103 Å². The maximum atomic E-state index is 11.3. The van der Waals surface area contributed by atoms with Gasteiger partial charge in [0.25, 0.3) is 0 Å². The second-order valence-electron chi connectivity index (χ2n) is 4.05. The number of rotatable bonds is 6. The molecule has 0 radical (unpaired) electrons. The molecule has 1 saturated carbocycles. The van der Waals surface area contributed by atoms with Crippen molar-refractivity contribution in [3.05, 3.63) is 21.9 Å². The molecule has 1 aliphatic carbocycles. The van der Waals surface area contributed by atoms with Crippen molar-refractivity contribution < 1.29 is 14.7 Å². The molecule has 1 fully saturated rings.